The van der Waals surface area contributed by atoms with Crippen molar-refractivity contribution < 1.29 is 9.15 Å². The fourth-order valence-corrected chi connectivity index (χ4v) is 2.66. The number of benzene rings is 3. The van der Waals surface area contributed by atoms with Gasteiger partial charge in [0.1, 0.15) is 11.5 Å². The zero-order valence-corrected chi connectivity index (χ0v) is 14.9. The highest BCUT2D eigenvalue weighted by Crippen LogP contribution is 2.23. The summed E-state index contributed by atoms with van der Waals surface area (Å²) in [7, 11) is 0. The Hall–Kier alpha value is -3.60. The van der Waals surface area contributed by atoms with Gasteiger partial charge in [0.2, 0.25) is 11.8 Å². The fourth-order valence-electron chi connectivity index (χ4n) is 2.66. The first-order valence-electron chi connectivity index (χ1n) is 8.72. The van der Waals surface area contributed by atoms with Crippen molar-refractivity contribution in [2.24, 2.45) is 0 Å². The van der Waals surface area contributed by atoms with E-state index in [-0.39, 0.29) is 0 Å². The van der Waals surface area contributed by atoms with Gasteiger partial charge in [-0.25, -0.2) is 0 Å². The molecule has 27 heavy (non-hydrogen) atoms. The summed E-state index contributed by atoms with van der Waals surface area (Å²) < 4.78 is 11.5. The van der Waals surface area contributed by atoms with Crippen LogP contribution in [0.1, 0.15) is 11.5 Å². The molecule has 0 spiro atoms. The van der Waals surface area contributed by atoms with Crippen LogP contribution in [0.3, 0.4) is 0 Å². The monoisotopic (exact) mass is 357 g/mol. The number of rotatable bonds is 6. The van der Waals surface area contributed by atoms with Crippen LogP contribution in [-0.4, -0.2) is 10.2 Å². The van der Waals surface area contributed by atoms with Crippen molar-refractivity contribution in [2.45, 2.75) is 13.5 Å². The van der Waals surface area contributed by atoms with Crippen molar-refractivity contribution in [3.8, 4) is 23.0 Å². The normalized spacial score (nSPS) is 10.6. The first kappa shape index (κ1) is 16.8. The van der Waals surface area contributed by atoms with Crippen LogP contribution in [0, 0.1) is 6.92 Å². The lowest BCUT2D eigenvalue weighted by atomic mass is 10.1. The summed E-state index contributed by atoms with van der Waals surface area (Å²) in [5.41, 5.74) is 3.03. The molecule has 4 rings (SSSR count). The van der Waals surface area contributed by atoms with Crippen LogP contribution in [0.25, 0.3) is 11.5 Å². The van der Waals surface area contributed by atoms with Crippen molar-refractivity contribution in [3.05, 3.63) is 90.3 Å². The molecule has 0 fully saturated rings. The molecule has 5 nitrogen and oxygen atoms in total. The predicted molar refractivity (Wildman–Crippen MR) is 105 cm³/mol. The van der Waals surface area contributed by atoms with Gasteiger partial charge in [0.25, 0.3) is 0 Å². The van der Waals surface area contributed by atoms with Gasteiger partial charge in [-0.3, -0.25) is 0 Å². The van der Waals surface area contributed by atoms with Gasteiger partial charge in [-0.15, -0.1) is 10.2 Å². The van der Waals surface area contributed by atoms with E-state index in [4.69, 9.17) is 9.15 Å². The van der Waals surface area contributed by atoms with Gasteiger partial charge in [-0.1, -0.05) is 35.9 Å². The van der Waals surface area contributed by atoms with E-state index in [1.54, 1.807) is 0 Å². The highest BCUT2D eigenvalue weighted by Gasteiger charge is 2.08. The van der Waals surface area contributed by atoms with Gasteiger partial charge >= 0.3 is 0 Å². The minimum atomic E-state index is 0.456. The number of hydrogen-bond acceptors (Lipinski definition) is 5. The minimum absolute atomic E-state index is 0.456. The van der Waals surface area contributed by atoms with E-state index in [1.807, 2.05) is 85.8 Å². The van der Waals surface area contributed by atoms with Crippen LogP contribution in [0.2, 0.25) is 0 Å². The molecular weight excluding hydrogens is 338 g/mol. The van der Waals surface area contributed by atoms with E-state index in [9.17, 15) is 0 Å². The van der Waals surface area contributed by atoms with E-state index >= 15 is 0 Å². The second-order valence-electron chi connectivity index (χ2n) is 6.16. The Morgan fingerprint density at radius 2 is 1.63 bits per heavy atom. The smallest absolute Gasteiger partial charge is 0.247 e. The van der Waals surface area contributed by atoms with E-state index in [1.165, 1.54) is 0 Å². The third-order valence-electron chi connectivity index (χ3n) is 4.01. The first-order valence-corrected chi connectivity index (χ1v) is 8.72. The minimum Gasteiger partial charge on any atom is -0.457 e. The molecule has 1 aromatic heterocycles. The zero-order chi connectivity index (χ0) is 18.5. The Morgan fingerprint density at radius 3 is 2.41 bits per heavy atom. The third kappa shape index (κ3) is 4.33. The quantitative estimate of drug-likeness (QED) is 0.497. The zero-order valence-electron chi connectivity index (χ0n) is 14.9. The Labute approximate surface area is 157 Å². The van der Waals surface area contributed by atoms with Crippen LogP contribution in [0.15, 0.2) is 83.3 Å². The number of anilines is 1. The second kappa shape index (κ2) is 7.74. The maximum Gasteiger partial charge on any atom is 0.247 e. The molecule has 0 aliphatic carbocycles. The summed E-state index contributed by atoms with van der Waals surface area (Å²) in [6, 6.07) is 25.4. The number of para-hydroxylation sites is 1. The van der Waals surface area contributed by atoms with E-state index in [2.05, 4.69) is 15.5 Å². The molecule has 4 aromatic rings. The van der Waals surface area contributed by atoms with Crippen LogP contribution in [-0.2, 0) is 6.54 Å². The highest BCUT2D eigenvalue weighted by atomic mass is 16.5. The summed E-state index contributed by atoms with van der Waals surface area (Å²) in [6.07, 6.45) is 0. The predicted octanol–water partition coefficient (Wildman–Crippen LogP) is 5.45. The molecule has 0 aliphatic heterocycles. The summed E-state index contributed by atoms with van der Waals surface area (Å²) in [5.74, 6) is 2.66. The summed E-state index contributed by atoms with van der Waals surface area (Å²) in [4.78, 5) is 0. The van der Waals surface area contributed by atoms with E-state index in [0.29, 0.717) is 18.3 Å². The number of ether oxygens (including phenoxy) is 1. The molecule has 0 unspecified atom stereocenters. The van der Waals surface area contributed by atoms with Gasteiger partial charge in [-0.05, 0) is 55.5 Å². The molecule has 0 saturated carbocycles. The Bertz CT molecular complexity index is 1010. The molecule has 1 heterocycles. The van der Waals surface area contributed by atoms with Gasteiger partial charge in [0.15, 0.2) is 0 Å². The number of hydrogen-bond donors (Lipinski definition) is 1. The van der Waals surface area contributed by atoms with Crippen molar-refractivity contribution >= 4 is 5.69 Å². The molecule has 0 saturated heterocycles. The molecule has 0 bridgehead atoms. The summed E-state index contributed by atoms with van der Waals surface area (Å²) in [5, 5.41) is 11.5. The molecule has 5 heteroatoms. The van der Waals surface area contributed by atoms with E-state index in [0.717, 1.165) is 28.3 Å². The fraction of sp³-hybridized carbons (Fsp3) is 0.0909. The average Bonchev–Trinajstić information content (AvgIpc) is 3.17. The highest BCUT2D eigenvalue weighted by molar-refractivity contribution is 5.53. The number of aryl methyl sites for hydroxylation is 1. The van der Waals surface area contributed by atoms with Crippen molar-refractivity contribution in [1.82, 2.24) is 10.2 Å². The number of nitrogens with one attached hydrogen (secondary N) is 1. The topological polar surface area (TPSA) is 60.2 Å². The Morgan fingerprint density at radius 1 is 0.852 bits per heavy atom. The van der Waals surface area contributed by atoms with Gasteiger partial charge in [-0.2, -0.15) is 0 Å². The second-order valence-corrected chi connectivity index (χ2v) is 6.16. The molecule has 0 radical (unpaired) electrons. The maximum absolute atomic E-state index is 5.79. The van der Waals surface area contributed by atoms with Gasteiger partial charge < -0.3 is 14.5 Å². The lowest BCUT2D eigenvalue weighted by Crippen LogP contribution is -1.99. The first-order chi connectivity index (χ1) is 13.3. The number of nitrogens with zero attached hydrogens (tertiary/aromatic N) is 2. The van der Waals surface area contributed by atoms with Crippen LogP contribution < -0.4 is 10.1 Å². The Kier molecular flexibility index (Phi) is 4.83. The largest absolute Gasteiger partial charge is 0.457 e. The lowest BCUT2D eigenvalue weighted by molar-refractivity contribution is 0.483. The molecule has 3 aromatic carbocycles. The average molecular weight is 357 g/mol. The molecular formula is C22H19N3O2. The van der Waals surface area contributed by atoms with Crippen molar-refractivity contribution in [3.63, 3.8) is 0 Å². The number of aromatic nitrogens is 2. The standard InChI is InChI=1S/C22H19N3O2/c1-16-6-5-7-17(14-16)22-25-24-21(27-22)15-23-18-10-12-20(13-11-18)26-19-8-3-2-4-9-19/h2-14,23H,15H2,1H3. The molecule has 0 aliphatic rings. The van der Waals surface area contributed by atoms with Crippen LogP contribution in [0.5, 0.6) is 11.5 Å². The van der Waals surface area contributed by atoms with Crippen molar-refractivity contribution in [1.29, 1.82) is 0 Å². The third-order valence-corrected chi connectivity index (χ3v) is 4.01. The van der Waals surface area contributed by atoms with Gasteiger partial charge in [0.05, 0.1) is 6.54 Å². The molecule has 0 amide bonds. The Balaban J connectivity index is 1.36. The lowest BCUT2D eigenvalue weighted by Gasteiger charge is -2.07. The molecule has 134 valence electrons. The van der Waals surface area contributed by atoms with E-state index < -0.39 is 0 Å². The SMILES string of the molecule is Cc1cccc(-c2nnc(CNc3ccc(Oc4ccccc4)cc3)o2)c1. The summed E-state index contributed by atoms with van der Waals surface area (Å²) >= 11 is 0. The molecule has 1 N–H and O–H groups in total. The van der Waals surface area contributed by atoms with Crippen molar-refractivity contribution in [2.75, 3.05) is 5.32 Å². The van der Waals surface area contributed by atoms with Gasteiger partial charge in [0, 0.05) is 11.3 Å². The van der Waals surface area contributed by atoms with Crippen LogP contribution >= 0.6 is 0 Å². The summed E-state index contributed by atoms with van der Waals surface area (Å²) in [6.45, 7) is 2.49. The van der Waals surface area contributed by atoms with Crippen LogP contribution in [0.4, 0.5) is 5.69 Å². The maximum atomic E-state index is 5.79. The molecule has 0 atom stereocenters.